The van der Waals surface area contributed by atoms with Crippen LogP contribution in [-0.4, -0.2) is 23.3 Å². The number of nitrogens with zero attached hydrogens (tertiary/aromatic N) is 1. The van der Waals surface area contributed by atoms with E-state index >= 15 is 0 Å². The number of nitrogens with one attached hydrogen (secondary N) is 1. The molecule has 0 bridgehead atoms. The van der Waals surface area contributed by atoms with E-state index in [9.17, 15) is 0 Å². The summed E-state index contributed by atoms with van der Waals surface area (Å²) in [6.07, 6.45) is 2.60. The second kappa shape index (κ2) is 6.46. The normalized spacial score (nSPS) is 18.9. The van der Waals surface area contributed by atoms with Crippen LogP contribution in [0, 0.1) is 0 Å². The average molecular weight is 227 g/mol. The van der Waals surface area contributed by atoms with E-state index in [1.807, 2.05) is 11.9 Å². The Balaban J connectivity index is 0.000000810. The minimum absolute atomic E-state index is 0. The van der Waals surface area contributed by atoms with Crippen molar-refractivity contribution in [1.29, 1.82) is 0 Å². The second-order valence-electron chi connectivity index (χ2n) is 2.20. The lowest BCUT2D eigenvalue weighted by molar-refractivity contribution is 0.377. The van der Waals surface area contributed by atoms with E-state index < -0.39 is 0 Å². The van der Waals surface area contributed by atoms with Crippen molar-refractivity contribution in [3.8, 4) is 0 Å². The Morgan fingerprint density at radius 3 is 2.90 bits per heavy atom. The van der Waals surface area contributed by atoms with E-state index in [0.717, 1.165) is 6.54 Å². The van der Waals surface area contributed by atoms with Gasteiger partial charge in [0.25, 0.3) is 0 Å². The lowest BCUT2D eigenvalue weighted by atomic mass is 10.3. The first kappa shape index (κ1) is 10.8. The summed E-state index contributed by atoms with van der Waals surface area (Å²) in [5.74, 6) is 1.24. The van der Waals surface area contributed by atoms with Gasteiger partial charge in [0, 0.05) is 18.8 Å². The summed E-state index contributed by atoms with van der Waals surface area (Å²) in [4.78, 5) is 0. The van der Waals surface area contributed by atoms with Crippen molar-refractivity contribution in [2.24, 2.45) is 0 Å². The maximum atomic E-state index is 3.29. The van der Waals surface area contributed by atoms with Crippen LogP contribution in [0.4, 0.5) is 0 Å². The summed E-state index contributed by atoms with van der Waals surface area (Å²) in [6.45, 7) is 4.57. The monoisotopic (exact) mass is 226 g/mol. The van der Waals surface area contributed by atoms with Crippen molar-refractivity contribution < 1.29 is 0 Å². The van der Waals surface area contributed by atoms with E-state index in [4.69, 9.17) is 0 Å². The van der Waals surface area contributed by atoms with Gasteiger partial charge in [-0.3, -0.25) is 0 Å². The number of hydrogen-bond donors (Lipinski definition) is 1. The topological polar surface area (TPSA) is 15.3 Å². The first-order chi connectivity index (χ1) is 4.43. The summed E-state index contributed by atoms with van der Waals surface area (Å²) in [5, 5.41) is 0. The highest BCUT2D eigenvalue weighted by molar-refractivity contribution is 8.93. The van der Waals surface area contributed by atoms with Gasteiger partial charge < -0.3 is 0 Å². The minimum Gasteiger partial charge on any atom is -0.244 e. The van der Waals surface area contributed by atoms with Gasteiger partial charge in [-0.2, -0.15) is 4.41 Å². The Morgan fingerprint density at radius 2 is 2.40 bits per heavy atom. The van der Waals surface area contributed by atoms with Crippen LogP contribution in [0.15, 0.2) is 0 Å². The fourth-order valence-electron chi connectivity index (χ4n) is 0.817. The molecular weight excluding hydrogens is 212 g/mol. The molecule has 62 valence electrons. The molecule has 0 aromatic heterocycles. The van der Waals surface area contributed by atoms with Gasteiger partial charge in [-0.25, -0.2) is 5.43 Å². The molecule has 0 aliphatic carbocycles. The molecule has 0 spiro atoms. The van der Waals surface area contributed by atoms with Gasteiger partial charge in [0.2, 0.25) is 0 Å². The second-order valence-corrected chi connectivity index (χ2v) is 3.30. The molecular formula is C6H15BrN2S. The molecule has 4 heteroatoms. The molecule has 1 aliphatic heterocycles. The van der Waals surface area contributed by atoms with E-state index in [-0.39, 0.29) is 17.0 Å². The van der Waals surface area contributed by atoms with E-state index in [1.165, 1.54) is 25.1 Å². The minimum atomic E-state index is 0. The Bertz CT molecular complexity index is 76.1. The maximum Gasteiger partial charge on any atom is 0.0244 e. The van der Waals surface area contributed by atoms with Crippen molar-refractivity contribution in [2.45, 2.75) is 19.8 Å². The molecule has 0 aromatic carbocycles. The molecule has 0 amide bonds. The SMILES string of the molecule is Br.CCCCN1NCCS1. The molecule has 0 radical (unpaired) electrons. The third-order valence-electron chi connectivity index (χ3n) is 1.35. The van der Waals surface area contributed by atoms with Gasteiger partial charge in [-0.05, 0) is 6.42 Å². The van der Waals surface area contributed by atoms with Gasteiger partial charge >= 0.3 is 0 Å². The molecule has 1 aliphatic rings. The lowest BCUT2D eigenvalue weighted by Crippen LogP contribution is -2.26. The molecule has 1 fully saturated rings. The van der Waals surface area contributed by atoms with Crippen molar-refractivity contribution in [3.05, 3.63) is 0 Å². The first-order valence-electron chi connectivity index (χ1n) is 3.57. The van der Waals surface area contributed by atoms with Gasteiger partial charge in [-0.1, -0.05) is 25.3 Å². The first-order valence-corrected chi connectivity index (χ1v) is 4.51. The van der Waals surface area contributed by atoms with Crippen LogP contribution in [0.1, 0.15) is 19.8 Å². The number of unbranched alkanes of at least 4 members (excludes halogenated alkanes) is 1. The van der Waals surface area contributed by atoms with Crippen LogP contribution in [-0.2, 0) is 0 Å². The average Bonchev–Trinajstić information content (AvgIpc) is 2.34. The predicted octanol–water partition coefficient (Wildman–Crippen LogP) is 1.83. The molecule has 0 aromatic rings. The Kier molecular flexibility index (Phi) is 6.94. The Morgan fingerprint density at radius 1 is 1.60 bits per heavy atom. The summed E-state index contributed by atoms with van der Waals surface area (Å²) in [5.41, 5.74) is 3.29. The quantitative estimate of drug-likeness (QED) is 0.740. The fraction of sp³-hybridized carbons (Fsp3) is 1.00. The van der Waals surface area contributed by atoms with Crippen molar-refractivity contribution in [2.75, 3.05) is 18.8 Å². The summed E-state index contributed by atoms with van der Waals surface area (Å²) in [7, 11) is 0. The van der Waals surface area contributed by atoms with E-state index in [1.54, 1.807) is 0 Å². The van der Waals surface area contributed by atoms with Crippen LogP contribution in [0.3, 0.4) is 0 Å². The highest BCUT2D eigenvalue weighted by Gasteiger charge is 2.09. The van der Waals surface area contributed by atoms with Crippen LogP contribution >= 0.6 is 28.9 Å². The fourth-order valence-corrected chi connectivity index (χ4v) is 1.66. The van der Waals surface area contributed by atoms with Crippen molar-refractivity contribution in [1.82, 2.24) is 9.84 Å². The largest absolute Gasteiger partial charge is 0.244 e. The van der Waals surface area contributed by atoms with E-state index in [2.05, 4.69) is 16.8 Å². The highest BCUT2D eigenvalue weighted by atomic mass is 79.9. The number of rotatable bonds is 3. The van der Waals surface area contributed by atoms with Crippen LogP contribution in [0.25, 0.3) is 0 Å². The lowest BCUT2D eigenvalue weighted by Gasteiger charge is -2.11. The molecule has 1 saturated heterocycles. The molecule has 0 atom stereocenters. The number of hydrogen-bond acceptors (Lipinski definition) is 3. The Labute approximate surface area is 77.6 Å². The predicted molar refractivity (Wildman–Crippen MR) is 52.4 cm³/mol. The number of hydrazine groups is 1. The Hall–Kier alpha value is 0.750. The summed E-state index contributed by atoms with van der Waals surface area (Å²) < 4.78 is 2.24. The van der Waals surface area contributed by atoms with E-state index in [0.29, 0.717) is 0 Å². The summed E-state index contributed by atoms with van der Waals surface area (Å²) in [6, 6.07) is 0. The zero-order valence-corrected chi connectivity index (χ0v) is 8.83. The van der Waals surface area contributed by atoms with Crippen molar-refractivity contribution >= 4 is 28.9 Å². The van der Waals surface area contributed by atoms with Gasteiger partial charge in [0.05, 0.1) is 0 Å². The zero-order valence-electron chi connectivity index (χ0n) is 6.30. The number of halogens is 1. The third kappa shape index (κ3) is 3.81. The van der Waals surface area contributed by atoms with Gasteiger partial charge in [0.1, 0.15) is 0 Å². The molecule has 0 saturated carbocycles. The zero-order chi connectivity index (χ0) is 6.53. The molecule has 1 N–H and O–H groups in total. The van der Waals surface area contributed by atoms with Crippen LogP contribution in [0.2, 0.25) is 0 Å². The van der Waals surface area contributed by atoms with Crippen LogP contribution in [0.5, 0.6) is 0 Å². The van der Waals surface area contributed by atoms with Gasteiger partial charge in [0.15, 0.2) is 0 Å². The molecule has 2 nitrogen and oxygen atoms in total. The molecule has 1 heterocycles. The van der Waals surface area contributed by atoms with Gasteiger partial charge in [-0.15, -0.1) is 17.0 Å². The molecule has 10 heavy (non-hydrogen) atoms. The molecule has 0 unspecified atom stereocenters. The highest BCUT2D eigenvalue weighted by Crippen LogP contribution is 2.11. The standard InChI is InChI=1S/C6H14N2S.BrH/c1-2-3-5-8-7-4-6-9-8;/h7H,2-6H2,1H3;1H. The maximum absolute atomic E-state index is 3.29. The smallest absolute Gasteiger partial charge is 0.0244 e. The van der Waals surface area contributed by atoms with Crippen LogP contribution < -0.4 is 5.43 Å². The van der Waals surface area contributed by atoms with Crippen molar-refractivity contribution in [3.63, 3.8) is 0 Å². The molecule has 1 rings (SSSR count). The third-order valence-corrected chi connectivity index (χ3v) is 2.36. The summed E-state index contributed by atoms with van der Waals surface area (Å²) >= 11 is 1.90.